The molecule has 1 aliphatic heterocycles. The van der Waals surface area contributed by atoms with E-state index in [0.717, 1.165) is 11.8 Å². The number of rotatable bonds is 5. The van der Waals surface area contributed by atoms with Crippen LogP contribution >= 0.6 is 0 Å². The summed E-state index contributed by atoms with van der Waals surface area (Å²) >= 11 is 0. The molecule has 96 valence electrons. The molecule has 0 bridgehead atoms. The van der Waals surface area contributed by atoms with Gasteiger partial charge in [0.05, 0.1) is 14.2 Å². The first kappa shape index (κ1) is 12.4. The summed E-state index contributed by atoms with van der Waals surface area (Å²) in [7, 11) is 3.10. The van der Waals surface area contributed by atoms with Crippen molar-refractivity contribution in [2.24, 2.45) is 0 Å². The van der Waals surface area contributed by atoms with Gasteiger partial charge in [-0.2, -0.15) is 0 Å². The van der Waals surface area contributed by atoms with Gasteiger partial charge in [-0.1, -0.05) is 0 Å². The maximum absolute atomic E-state index is 12.1. The van der Waals surface area contributed by atoms with Crippen molar-refractivity contribution in [2.45, 2.75) is 13.0 Å². The number of hydrogen-bond donors (Lipinski definition) is 0. The standard InChI is InChI=1S/C13H15NO4/c1-17-11-6-9-8-14(4-3-5-15)13(16)10(9)7-12(11)18-2/h5-7H,3-4,8H2,1-2H3. The number of benzene rings is 1. The third-order valence-electron chi connectivity index (χ3n) is 3.01. The number of ether oxygens (including phenoxy) is 2. The quantitative estimate of drug-likeness (QED) is 0.737. The average Bonchev–Trinajstić information content (AvgIpc) is 2.71. The van der Waals surface area contributed by atoms with E-state index in [9.17, 15) is 9.59 Å². The van der Waals surface area contributed by atoms with Crippen LogP contribution < -0.4 is 9.47 Å². The number of carbonyl (C=O) groups excluding carboxylic acids is 2. The van der Waals surface area contributed by atoms with Gasteiger partial charge in [0.15, 0.2) is 11.5 Å². The molecule has 1 heterocycles. The summed E-state index contributed by atoms with van der Waals surface area (Å²) < 4.78 is 10.4. The molecule has 1 aliphatic rings. The van der Waals surface area contributed by atoms with Gasteiger partial charge in [-0.15, -0.1) is 0 Å². The molecule has 0 spiro atoms. The molecule has 0 N–H and O–H groups in total. The minimum atomic E-state index is -0.0622. The van der Waals surface area contributed by atoms with Crippen LogP contribution in [0.25, 0.3) is 0 Å². The molecule has 1 aromatic rings. The highest BCUT2D eigenvalue weighted by Crippen LogP contribution is 2.34. The van der Waals surface area contributed by atoms with Gasteiger partial charge >= 0.3 is 0 Å². The Labute approximate surface area is 105 Å². The summed E-state index contributed by atoms with van der Waals surface area (Å²) in [6, 6.07) is 3.50. The third kappa shape index (κ3) is 2.03. The highest BCUT2D eigenvalue weighted by Gasteiger charge is 2.28. The van der Waals surface area contributed by atoms with Crippen LogP contribution in [0.1, 0.15) is 22.3 Å². The van der Waals surface area contributed by atoms with Crippen molar-refractivity contribution in [3.63, 3.8) is 0 Å². The minimum Gasteiger partial charge on any atom is -0.493 e. The van der Waals surface area contributed by atoms with Crippen molar-refractivity contribution >= 4 is 12.2 Å². The molecule has 2 rings (SSSR count). The van der Waals surface area contributed by atoms with E-state index in [4.69, 9.17) is 9.47 Å². The lowest BCUT2D eigenvalue weighted by Gasteiger charge is -2.12. The molecule has 1 amide bonds. The van der Waals surface area contributed by atoms with Crippen molar-refractivity contribution < 1.29 is 19.1 Å². The number of fused-ring (bicyclic) bond motifs is 1. The lowest BCUT2D eigenvalue weighted by atomic mass is 10.1. The monoisotopic (exact) mass is 249 g/mol. The second-order valence-corrected chi connectivity index (χ2v) is 4.05. The van der Waals surface area contributed by atoms with E-state index in [-0.39, 0.29) is 5.91 Å². The Hall–Kier alpha value is -2.04. The van der Waals surface area contributed by atoms with Gasteiger partial charge in [-0.3, -0.25) is 4.79 Å². The van der Waals surface area contributed by atoms with Crippen LogP contribution in [0.3, 0.4) is 0 Å². The first-order valence-corrected chi connectivity index (χ1v) is 5.69. The summed E-state index contributed by atoms with van der Waals surface area (Å²) in [6.45, 7) is 0.962. The van der Waals surface area contributed by atoms with E-state index < -0.39 is 0 Å². The Kier molecular flexibility index (Phi) is 3.50. The number of hydrogen-bond acceptors (Lipinski definition) is 4. The van der Waals surface area contributed by atoms with Crippen molar-refractivity contribution in [3.8, 4) is 11.5 Å². The normalized spacial score (nSPS) is 13.4. The lowest BCUT2D eigenvalue weighted by Crippen LogP contribution is -2.25. The van der Waals surface area contributed by atoms with Crippen molar-refractivity contribution in [3.05, 3.63) is 23.3 Å². The zero-order chi connectivity index (χ0) is 13.1. The largest absolute Gasteiger partial charge is 0.493 e. The molecule has 0 saturated heterocycles. The second kappa shape index (κ2) is 5.08. The van der Waals surface area contributed by atoms with E-state index in [1.54, 1.807) is 18.1 Å². The number of aldehydes is 1. The molecule has 0 aliphatic carbocycles. The second-order valence-electron chi connectivity index (χ2n) is 4.05. The average molecular weight is 249 g/mol. The number of nitrogens with zero attached hydrogens (tertiary/aromatic N) is 1. The van der Waals surface area contributed by atoms with Crippen LogP contribution in [0.5, 0.6) is 11.5 Å². The van der Waals surface area contributed by atoms with Crippen molar-refractivity contribution in [1.29, 1.82) is 0 Å². The van der Waals surface area contributed by atoms with Gasteiger partial charge in [0.1, 0.15) is 6.29 Å². The van der Waals surface area contributed by atoms with Crippen LogP contribution in [0.15, 0.2) is 12.1 Å². The summed E-state index contributed by atoms with van der Waals surface area (Å²) in [5.74, 6) is 1.09. The van der Waals surface area contributed by atoms with E-state index in [0.29, 0.717) is 36.6 Å². The fourth-order valence-corrected chi connectivity index (χ4v) is 2.09. The van der Waals surface area contributed by atoms with Gasteiger partial charge < -0.3 is 19.2 Å². The van der Waals surface area contributed by atoms with Gasteiger partial charge in [0, 0.05) is 25.1 Å². The van der Waals surface area contributed by atoms with E-state index in [1.165, 1.54) is 7.11 Å². The summed E-state index contributed by atoms with van der Waals surface area (Å²) in [4.78, 5) is 24.1. The summed E-state index contributed by atoms with van der Waals surface area (Å²) in [6.07, 6.45) is 1.17. The van der Waals surface area contributed by atoms with E-state index in [1.807, 2.05) is 6.07 Å². The Morgan fingerprint density at radius 2 is 1.94 bits per heavy atom. The van der Waals surface area contributed by atoms with Gasteiger partial charge in [-0.25, -0.2) is 0 Å². The fraction of sp³-hybridized carbons (Fsp3) is 0.385. The third-order valence-corrected chi connectivity index (χ3v) is 3.01. The molecule has 5 nitrogen and oxygen atoms in total. The molecule has 0 unspecified atom stereocenters. The maximum atomic E-state index is 12.1. The zero-order valence-electron chi connectivity index (χ0n) is 10.4. The van der Waals surface area contributed by atoms with Crippen LogP contribution in [-0.2, 0) is 11.3 Å². The number of amides is 1. The fourth-order valence-electron chi connectivity index (χ4n) is 2.09. The molecule has 0 atom stereocenters. The molecule has 0 aromatic heterocycles. The van der Waals surface area contributed by atoms with Crippen molar-refractivity contribution in [1.82, 2.24) is 4.90 Å². The first-order valence-electron chi connectivity index (χ1n) is 5.69. The van der Waals surface area contributed by atoms with E-state index >= 15 is 0 Å². The number of carbonyl (C=O) groups is 2. The SMILES string of the molecule is COc1cc2c(cc1OC)C(=O)N(CCC=O)C2. The van der Waals surface area contributed by atoms with Crippen LogP contribution in [0.2, 0.25) is 0 Å². The topological polar surface area (TPSA) is 55.8 Å². The summed E-state index contributed by atoms with van der Waals surface area (Å²) in [5.41, 5.74) is 1.53. The Balaban J connectivity index is 2.31. The van der Waals surface area contributed by atoms with Gasteiger partial charge in [-0.05, 0) is 17.7 Å². The van der Waals surface area contributed by atoms with Crippen LogP contribution in [0, 0.1) is 0 Å². The molecule has 18 heavy (non-hydrogen) atoms. The van der Waals surface area contributed by atoms with Gasteiger partial charge in [0.2, 0.25) is 0 Å². The Bertz CT molecular complexity index is 484. The molecule has 0 saturated carbocycles. The van der Waals surface area contributed by atoms with Crippen molar-refractivity contribution in [2.75, 3.05) is 20.8 Å². The molecular formula is C13H15NO4. The van der Waals surface area contributed by atoms with Crippen LogP contribution in [-0.4, -0.2) is 37.9 Å². The zero-order valence-corrected chi connectivity index (χ0v) is 10.4. The minimum absolute atomic E-state index is 0.0622. The number of methoxy groups -OCH3 is 2. The summed E-state index contributed by atoms with van der Waals surface area (Å²) in [5, 5.41) is 0. The molecule has 0 radical (unpaired) electrons. The maximum Gasteiger partial charge on any atom is 0.254 e. The first-order chi connectivity index (χ1) is 8.71. The molecular weight excluding hydrogens is 234 g/mol. The smallest absolute Gasteiger partial charge is 0.254 e. The van der Waals surface area contributed by atoms with E-state index in [2.05, 4.69) is 0 Å². The Morgan fingerprint density at radius 1 is 1.28 bits per heavy atom. The predicted molar refractivity (Wildman–Crippen MR) is 65.0 cm³/mol. The Morgan fingerprint density at radius 3 is 2.56 bits per heavy atom. The lowest BCUT2D eigenvalue weighted by molar-refractivity contribution is -0.108. The van der Waals surface area contributed by atoms with Gasteiger partial charge in [0.25, 0.3) is 5.91 Å². The molecule has 1 aromatic carbocycles. The molecule has 0 fully saturated rings. The predicted octanol–water partition coefficient (Wildman–Crippen LogP) is 1.25. The highest BCUT2D eigenvalue weighted by atomic mass is 16.5. The van der Waals surface area contributed by atoms with Crippen LogP contribution in [0.4, 0.5) is 0 Å². The molecule has 5 heteroatoms. The highest BCUT2D eigenvalue weighted by molar-refractivity contribution is 5.99.